The van der Waals surface area contributed by atoms with E-state index in [1.165, 1.54) is 22.6 Å². The molecule has 0 bridgehead atoms. The molecule has 0 fully saturated rings. The van der Waals surface area contributed by atoms with Gasteiger partial charge in [0, 0.05) is 47.8 Å². The minimum atomic E-state index is -0.834. The second kappa shape index (κ2) is 8.95. The zero-order chi connectivity index (χ0) is 24.9. The molecule has 4 rings (SSSR count). The maximum Gasteiger partial charge on any atom is 0.294 e. The summed E-state index contributed by atoms with van der Waals surface area (Å²) in [6, 6.07) is 4.66. The summed E-state index contributed by atoms with van der Waals surface area (Å²) < 4.78 is 20.9. The van der Waals surface area contributed by atoms with Crippen molar-refractivity contribution in [3.8, 4) is 5.75 Å². The van der Waals surface area contributed by atoms with E-state index in [0.29, 0.717) is 22.1 Å². The summed E-state index contributed by atoms with van der Waals surface area (Å²) in [6.45, 7) is 4.46. The van der Waals surface area contributed by atoms with Crippen molar-refractivity contribution in [2.75, 3.05) is 27.2 Å². The van der Waals surface area contributed by atoms with Gasteiger partial charge in [0.25, 0.3) is 17.4 Å². The van der Waals surface area contributed by atoms with E-state index in [4.69, 9.17) is 4.74 Å². The number of pyridine rings is 1. The summed E-state index contributed by atoms with van der Waals surface area (Å²) in [5, 5.41) is 10.6. The van der Waals surface area contributed by atoms with Crippen LogP contribution >= 0.6 is 22.6 Å². The first kappa shape index (κ1) is 24.6. The van der Waals surface area contributed by atoms with Crippen LogP contribution in [0.2, 0.25) is 0 Å². The summed E-state index contributed by atoms with van der Waals surface area (Å²) in [7, 11) is 2.90. The molecule has 2 aliphatic heterocycles. The fourth-order valence-electron chi connectivity index (χ4n) is 4.60. The highest BCUT2D eigenvalue weighted by Crippen LogP contribution is 2.33. The van der Waals surface area contributed by atoms with Gasteiger partial charge >= 0.3 is 0 Å². The molecule has 182 valence electrons. The van der Waals surface area contributed by atoms with Gasteiger partial charge in [-0.15, -0.1) is 0 Å². The Morgan fingerprint density at radius 2 is 1.94 bits per heavy atom. The van der Waals surface area contributed by atoms with Gasteiger partial charge in [0.1, 0.15) is 11.5 Å². The number of β-amino-alcohol motifs (C(OH)–C–C–N with tert-alkyl or cyclic N) is 1. The molecule has 0 radical (unpaired) electrons. The molecule has 0 spiro atoms. The Hall–Kier alpha value is -2.47. The lowest BCUT2D eigenvalue weighted by Gasteiger charge is -2.39. The predicted octanol–water partition coefficient (Wildman–Crippen LogP) is 2.27. The number of ether oxygens (including phenoxy) is 1. The first-order valence-corrected chi connectivity index (χ1v) is 12.0. The van der Waals surface area contributed by atoms with Crippen LogP contribution < -0.4 is 10.3 Å². The normalized spacial score (nSPS) is 19.9. The second-order valence-electron chi connectivity index (χ2n) is 9.54. The number of fused-ring (bicyclic) bond motifs is 3. The molecule has 34 heavy (non-hydrogen) atoms. The third kappa shape index (κ3) is 4.10. The van der Waals surface area contributed by atoms with Gasteiger partial charge in [-0.2, -0.15) is 0 Å². The molecule has 10 heteroatoms. The smallest absolute Gasteiger partial charge is 0.294 e. The van der Waals surface area contributed by atoms with Crippen molar-refractivity contribution in [3.05, 3.63) is 60.3 Å². The van der Waals surface area contributed by atoms with Crippen molar-refractivity contribution < 1.29 is 23.8 Å². The summed E-state index contributed by atoms with van der Waals surface area (Å²) in [4.78, 5) is 43.4. The molecule has 2 amide bonds. The number of aromatic nitrogens is 1. The third-order valence-corrected chi connectivity index (χ3v) is 7.51. The maximum atomic E-state index is 13.7. The van der Waals surface area contributed by atoms with Gasteiger partial charge in [-0.3, -0.25) is 19.0 Å². The van der Waals surface area contributed by atoms with Gasteiger partial charge in [0.05, 0.1) is 18.8 Å². The van der Waals surface area contributed by atoms with E-state index in [2.05, 4.69) is 0 Å². The molecule has 0 saturated heterocycles. The first-order chi connectivity index (χ1) is 16.0. The SMILES string of the molecule is COc1c2c(c3n(c1=O)CC(C)(C)[C@@H](O)CN(C)C3=O)CCN(Cc1ccc(F)c(I)c1)C2=O. The van der Waals surface area contributed by atoms with Crippen LogP contribution in [0.1, 0.15) is 45.8 Å². The quantitative estimate of drug-likeness (QED) is 0.561. The summed E-state index contributed by atoms with van der Waals surface area (Å²) in [5.74, 6) is -1.26. The molecule has 1 N–H and O–H groups in total. The van der Waals surface area contributed by atoms with Crippen molar-refractivity contribution in [2.45, 2.75) is 39.5 Å². The first-order valence-electron chi connectivity index (χ1n) is 11.0. The maximum absolute atomic E-state index is 13.7. The van der Waals surface area contributed by atoms with E-state index in [-0.39, 0.29) is 42.5 Å². The minimum Gasteiger partial charge on any atom is -0.490 e. The molecule has 2 aromatic rings. The van der Waals surface area contributed by atoms with Gasteiger partial charge < -0.3 is 19.6 Å². The molecule has 3 heterocycles. The van der Waals surface area contributed by atoms with Crippen molar-refractivity contribution in [2.24, 2.45) is 5.41 Å². The topological polar surface area (TPSA) is 92.1 Å². The lowest BCUT2D eigenvalue weighted by Crippen LogP contribution is -2.51. The van der Waals surface area contributed by atoms with Crippen LogP contribution in [0, 0.1) is 14.8 Å². The van der Waals surface area contributed by atoms with Crippen LogP contribution in [0.5, 0.6) is 5.75 Å². The summed E-state index contributed by atoms with van der Waals surface area (Å²) in [6.07, 6.45) is -0.479. The zero-order valence-electron chi connectivity index (χ0n) is 19.5. The lowest BCUT2D eigenvalue weighted by molar-refractivity contribution is 0.00648. The number of hydrogen-bond donors (Lipinski definition) is 1. The fraction of sp³-hybridized carbons (Fsp3) is 0.458. The lowest BCUT2D eigenvalue weighted by atomic mass is 9.84. The summed E-state index contributed by atoms with van der Waals surface area (Å²) in [5.41, 5.74) is 0.241. The number of rotatable bonds is 3. The molecular formula is C24H27FIN3O5. The van der Waals surface area contributed by atoms with Gasteiger partial charge in [-0.1, -0.05) is 19.9 Å². The molecule has 1 atom stereocenters. The van der Waals surface area contributed by atoms with E-state index in [0.717, 1.165) is 5.56 Å². The average Bonchev–Trinajstić information content (AvgIpc) is 2.78. The zero-order valence-corrected chi connectivity index (χ0v) is 21.7. The monoisotopic (exact) mass is 583 g/mol. The van der Waals surface area contributed by atoms with Crippen LogP contribution in [0.25, 0.3) is 0 Å². The highest BCUT2D eigenvalue weighted by atomic mass is 127. The molecule has 1 aromatic heterocycles. The van der Waals surface area contributed by atoms with Crippen LogP contribution in [0.15, 0.2) is 23.0 Å². The molecule has 1 aromatic carbocycles. The average molecular weight is 583 g/mol. The molecule has 8 nitrogen and oxygen atoms in total. The number of likely N-dealkylation sites (N-methyl/N-ethyl adjacent to an activating group) is 1. The standard InChI is InChI=1S/C24H27FIN3O5/c1-24(2)12-29-19(22(32)27(3)11-17(24)30)14-7-8-28(10-13-5-6-15(25)16(26)9-13)21(31)18(14)20(34-4)23(29)33/h5-6,9,17,30H,7-8,10-12H2,1-4H3/t17-/m0/s1. The highest BCUT2D eigenvalue weighted by Gasteiger charge is 2.41. The number of benzene rings is 1. The number of aliphatic hydroxyl groups excluding tert-OH is 1. The number of carbonyl (C=O) groups excluding carboxylic acids is 2. The van der Waals surface area contributed by atoms with E-state index >= 15 is 0 Å². The van der Waals surface area contributed by atoms with Crippen molar-refractivity contribution in [3.63, 3.8) is 0 Å². The van der Waals surface area contributed by atoms with Crippen molar-refractivity contribution in [1.29, 1.82) is 0 Å². The van der Waals surface area contributed by atoms with E-state index < -0.39 is 28.9 Å². The van der Waals surface area contributed by atoms with Crippen LogP contribution in [-0.4, -0.2) is 64.6 Å². The van der Waals surface area contributed by atoms with Gasteiger partial charge in [-0.05, 0) is 46.7 Å². The molecule has 0 saturated carbocycles. The third-order valence-electron chi connectivity index (χ3n) is 6.68. The van der Waals surface area contributed by atoms with Gasteiger partial charge in [0.2, 0.25) is 0 Å². The van der Waals surface area contributed by atoms with Gasteiger partial charge in [-0.25, -0.2) is 4.39 Å². The number of amides is 2. The number of nitrogens with zero attached hydrogens (tertiary/aromatic N) is 3. The Balaban J connectivity index is 1.85. The summed E-state index contributed by atoms with van der Waals surface area (Å²) >= 11 is 1.90. The van der Waals surface area contributed by atoms with Crippen LogP contribution in [-0.2, 0) is 19.5 Å². The Kier molecular flexibility index (Phi) is 6.49. The fourth-order valence-corrected chi connectivity index (χ4v) is 5.18. The number of methoxy groups -OCH3 is 1. The van der Waals surface area contributed by atoms with E-state index in [1.54, 1.807) is 24.1 Å². The van der Waals surface area contributed by atoms with Gasteiger partial charge in [0.15, 0.2) is 5.75 Å². The molecular weight excluding hydrogens is 556 g/mol. The predicted molar refractivity (Wildman–Crippen MR) is 132 cm³/mol. The van der Waals surface area contributed by atoms with Crippen LogP contribution in [0.4, 0.5) is 4.39 Å². The van der Waals surface area contributed by atoms with E-state index in [1.807, 2.05) is 36.4 Å². The Labute approximate surface area is 210 Å². The number of carbonyl (C=O) groups is 2. The highest BCUT2D eigenvalue weighted by molar-refractivity contribution is 14.1. The largest absolute Gasteiger partial charge is 0.490 e. The number of halogens is 2. The van der Waals surface area contributed by atoms with Crippen molar-refractivity contribution >= 4 is 34.4 Å². The molecule has 0 unspecified atom stereocenters. The Morgan fingerprint density at radius 3 is 2.59 bits per heavy atom. The van der Waals surface area contributed by atoms with Crippen molar-refractivity contribution in [1.82, 2.24) is 14.4 Å². The number of aliphatic hydroxyl groups is 1. The number of hydrogen-bond acceptors (Lipinski definition) is 5. The molecule has 2 aliphatic rings. The second-order valence-corrected chi connectivity index (χ2v) is 10.7. The Bertz CT molecular complexity index is 1240. The minimum absolute atomic E-state index is 0.0995. The molecule has 0 aliphatic carbocycles. The van der Waals surface area contributed by atoms with Crippen LogP contribution in [0.3, 0.4) is 0 Å². The Morgan fingerprint density at radius 1 is 1.24 bits per heavy atom. The van der Waals surface area contributed by atoms with E-state index in [9.17, 15) is 23.9 Å².